The Labute approximate surface area is 94.1 Å². The molecule has 1 aromatic carbocycles. The van der Waals surface area contributed by atoms with Gasteiger partial charge in [0.25, 0.3) is 0 Å². The second kappa shape index (κ2) is 3.97. The van der Waals surface area contributed by atoms with Gasteiger partial charge in [0.05, 0.1) is 0 Å². The van der Waals surface area contributed by atoms with Gasteiger partial charge >= 0.3 is 0 Å². The van der Waals surface area contributed by atoms with Crippen LogP contribution < -0.4 is 4.90 Å². The molecule has 82 valence electrons. The first-order chi connectivity index (χ1) is 7.61. The van der Waals surface area contributed by atoms with Crippen LogP contribution in [0.2, 0.25) is 0 Å². The molecule has 0 aromatic heterocycles. The molecule has 0 saturated carbocycles. The molecule has 1 aliphatic rings. The van der Waals surface area contributed by atoms with Crippen LogP contribution in [0.15, 0.2) is 18.2 Å². The number of anilines is 1. The summed E-state index contributed by atoms with van der Waals surface area (Å²) in [5.41, 5.74) is 1.16. The summed E-state index contributed by atoms with van der Waals surface area (Å²) in [5, 5.41) is 0. The lowest BCUT2D eigenvalue weighted by Crippen LogP contribution is -2.24. The summed E-state index contributed by atoms with van der Waals surface area (Å²) in [4.78, 5) is 13.2. The van der Waals surface area contributed by atoms with Crippen molar-refractivity contribution in [2.45, 2.75) is 13.3 Å². The molecule has 3 heteroatoms. The predicted octanol–water partition coefficient (Wildman–Crippen LogP) is 2.12. The predicted molar refractivity (Wildman–Crippen MR) is 60.4 cm³/mol. The maximum atomic E-state index is 13.4. The number of terminal acetylenes is 1. The van der Waals surface area contributed by atoms with Crippen molar-refractivity contribution in [3.05, 3.63) is 29.6 Å². The molecule has 2 nitrogen and oxygen atoms in total. The number of rotatable bonds is 1. The van der Waals surface area contributed by atoms with Crippen molar-refractivity contribution in [2.24, 2.45) is 5.92 Å². The summed E-state index contributed by atoms with van der Waals surface area (Å²) >= 11 is 0. The van der Waals surface area contributed by atoms with Crippen LogP contribution in [-0.2, 0) is 4.79 Å². The van der Waals surface area contributed by atoms with Crippen molar-refractivity contribution in [1.29, 1.82) is 0 Å². The maximum Gasteiger partial charge on any atom is 0.228 e. The van der Waals surface area contributed by atoms with Gasteiger partial charge in [-0.2, -0.15) is 0 Å². The van der Waals surface area contributed by atoms with Gasteiger partial charge in [-0.05, 0) is 24.6 Å². The van der Waals surface area contributed by atoms with Crippen LogP contribution in [0.1, 0.15) is 12.0 Å². The van der Waals surface area contributed by atoms with E-state index in [4.69, 9.17) is 6.42 Å². The van der Waals surface area contributed by atoms with Crippen molar-refractivity contribution in [2.75, 3.05) is 11.4 Å². The first kappa shape index (κ1) is 10.7. The van der Waals surface area contributed by atoms with Gasteiger partial charge in [-0.25, -0.2) is 4.39 Å². The molecule has 0 N–H and O–H groups in total. The van der Waals surface area contributed by atoms with Gasteiger partial charge < -0.3 is 4.90 Å². The lowest BCUT2D eigenvalue weighted by atomic mass is 10.1. The maximum absolute atomic E-state index is 13.4. The molecule has 1 saturated heterocycles. The molecule has 1 atom stereocenters. The molecule has 0 bridgehead atoms. The summed E-state index contributed by atoms with van der Waals surface area (Å²) in [6, 6.07) is 4.79. The summed E-state index contributed by atoms with van der Waals surface area (Å²) in [6.45, 7) is 2.17. The van der Waals surface area contributed by atoms with Crippen LogP contribution in [0.4, 0.5) is 10.1 Å². The van der Waals surface area contributed by atoms with Gasteiger partial charge in [0.15, 0.2) is 0 Å². The number of benzene rings is 1. The standard InChI is InChI=1S/C13H12FNO/c1-3-10-6-13(16)15(8-10)11-5-4-9(2)12(14)7-11/h1,4-5,7,10H,6,8H2,2H3. The molecule has 2 rings (SSSR count). The van der Waals surface area contributed by atoms with Gasteiger partial charge in [0, 0.05) is 24.6 Å². The fourth-order valence-electron chi connectivity index (χ4n) is 1.82. The zero-order valence-corrected chi connectivity index (χ0v) is 9.03. The van der Waals surface area contributed by atoms with Crippen molar-refractivity contribution >= 4 is 11.6 Å². The Morgan fingerprint density at radius 3 is 2.88 bits per heavy atom. The number of hydrogen-bond acceptors (Lipinski definition) is 1. The van der Waals surface area contributed by atoms with Crippen molar-refractivity contribution in [3.8, 4) is 12.3 Å². The second-order valence-corrected chi connectivity index (χ2v) is 4.01. The number of amides is 1. The average Bonchev–Trinajstić information content (AvgIpc) is 2.64. The number of halogens is 1. The molecule has 1 amide bonds. The lowest BCUT2D eigenvalue weighted by molar-refractivity contribution is -0.117. The van der Waals surface area contributed by atoms with Gasteiger partial charge in [-0.1, -0.05) is 6.07 Å². The molecule has 1 aromatic rings. The number of hydrogen-bond donors (Lipinski definition) is 0. The minimum atomic E-state index is -0.297. The summed E-state index contributed by atoms with van der Waals surface area (Å²) in [5.74, 6) is 2.17. The monoisotopic (exact) mass is 217 g/mol. The molecule has 0 spiro atoms. The van der Waals surface area contributed by atoms with E-state index in [1.54, 1.807) is 24.0 Å². The fourth-order valence-corrected chi connectivity index (χ4v) is 1.82. The van der Waals surface area contributed by atoms with E-state index in [0.29, 0.717) is 24.2 Å². The molecular weight excluding hydrogens is 205 g/mol. The van der Waals surface area contributed by atoms with E-state index < -0.39 is 0 Å². The van der Waals surface area contributed by atoms with E-state index in [9.17, 15) is 9.18 Å². The number of carbonyl (C=O) groups excluding carboxylic acids is 1. The third-order valence-electron chi connectivity index (χ3n) is 2.83. The van der Waals surface area contributed by atoms with Crippen molar-refractivity contribution in [1.82, 2.24) is 0 Å². The third kappa shape index (κ3) is 1.79. The van der Waals surface area contributed by atoms with E-state index >= 15 is 0 Å². The first-order valence-corrected chi connectivity index (χ1v) is 5.14. The third-order valence-corrected chi connectivity index (χ3v) is 2.83. The van der Waals surface area contributed by atoms with Crippen molar-refractivity contribution in [3.63, 3.8) is 0 Å². The Kier molecular flexibility index (Phi) is 2.66. The largest absolute Gasteiger partial charge is 0.311 e. The zero-order chi connectivity index (χ0) is 11.7. The van der Waals surface area contributed by atoms with Crippen LogP contribution >= 0.6 is 0 Å². The molecule has 1 aliphatic heterocycles. The van der Waals surface area contributed by atoms with Crippen LogP contribution in [-0.4, -0.2) is 12.5 Å². The van der Waals surface area contributed by atoms with Crippen LogP contribution in [0, 0.1) is 31.0 Å². The second-order valence-electron chi connectivity index (χ2n) is 4.01. The molecule has 1 fully saturated rings. The summed E-state index contributed by atoms with van der Waals surface area (Å²) in [6.07, 6.45) is 5.64. The lowest BCUT2D eigenvalue weighted by Gasteiger charge is -2.16. The van der Waals surface area contributed by atoms with Crippen LogP contribution in [0.3, 0.4) is 0 Å². The van der Waals surface area contributed by atoms with Gasteiger partial charge in [0.2, 0.25) is 5.91 Å². The number of nitrogens with zero attached hydrogens (tertiary/aromatic N) is 1. The quantitative estimate of drug-likeness (QED) is 0.660. The highest BCUT2D eigenvalue weighted by atomic mass is 19.1. The average molecular weight is 217 g/mol. The molecular formula is C13H12FNO. The Balaban J connectivity index is 2.29. The van der Waals surface area contributed by atoms with E-state index in [2.05, 4.69) is 5.92 Å². The summed E-state index contributed by atoms with van der Waals surface area (Å²) in [7, 11) is 0. The van der Waals surface area contributed by atoms with E-state index in [1.165, 1.54) is 6.07 Å². The van der Waals surface area contributed by atoms with E-state index in [0.717, 1.165) is 0 Å². The SMILES string of the molecule is C#CC1CC(=O)N(c2ccc(C)c(F)c2)C1. The van der Waals surface area contributed by atoms with Crippen LogP contribution in [0.25, 0.3) is 0 Å². The van der Waals surface area contributed by atoms with Crippen molar-refractivity contribution < 1.29 is 9.18 Å². The molecule has 0 aliphatic carbocycles. The summed E-state index contributed by atoms with van der Waals surface area (Å²) < 4.78 is 13.4. The Bertz CT molecular complexity index is 475. The molecule has 1 heterocycles. The number of carbonyl (C=O) groups is 1. The van der Waals surface area contributed by atoms with Gasteiger partial charge in [-0.15, -0.1) is 12.3 Å². The molecule has 1 unspecified atom stereocenters. The topological polar surface area (TPSA) is 20.3 Å². The van der Waals surface area contributed by atoms with Crippen LogP contribution in [0.5, 0.6) is 0 Å². The fraction of sp³-hybridized carbons (Fsp3) is 0.308. The van der Waals surface area contributed by atoms with Gasteiger partial charge in [-0.3, -0.25) is 4.79 Å². The first-order valence-electron chi connectivity index (χ1n) is 5.14. The Morgan fingerprint density at radius 1 is 1.56 bits per heavy atom. The highest BCUT2D eigenvalue weighted by molar-refractivity contribution is 5.96. The Morgan fingerprint density at radius 2 is 2.31 bits per heavy atom. The highest BCUT2D eigenvalue weighted by Crippen LogP contribution is 2.25. The zero-order valence-electron chi connectivity index (χ0n) is 9.03. The van der Waals surface area contributed by atoms with E-state index in [1.807, 2.05) is 0 Å². The van der Waals surface area contributed by atoms with E-state index in [-0.39, 0.29) is 17.6 Å². The minimum absolute atomic E-state index is 0.0359. The van der Waals surface area contributed by atoms with Gasteiger partial charge in [0.1, 0.15) is 5.82 Å². The highest BCUT2D eigenvalue weighted by Gasteiger charge is 2.29. The normalized spacial score (nSPS) is 19.9. The molecule has 0 radical (unpaired) electrons. The molecule has 16 heavy (non-hydrogen) atoms. The Hall–Kier alpha value is -1.82. The smallest absolute Gasteiger partial charge is 0.228 e. The number of aryl methyl sites for hydroxylation is 1. The minimum Gasteiger partial charge on any atom is -0.311 e.